The predicted molar refractivity (Wildman–Crippen MR) is 123 cm³/mol. The summed E-state index contributed by atoms with van der Waals surface area (Å²) in [5.41, 5.74) is 2.43. The highest BCUT2D eigenvalue weighted by molar-refractivity contribution is 7.92. The summed E-state index contributed by atoms with van der Waals surface area (Å²) in [7, 11) is -3.38. The van der Waals surface area contributed by atoms with Crippen LogP contribution >= 0.6 is 0 Å². The van der Waals surface area contributed by atoms with Crippen molar-refractivity contribution < 1.29 is 22.4 Å². The summed E-state index contributed by atoms with van der Waals surface area (Å²) in [5.74, 6) is 0.501. The molecule has 0 saturated heterocycles. The van der Waals surface area contributed by atoms with Gasteiger partial charge in [-0.1, -0.05) is 48.5 Å². The standard InChI is InChI=1S/C24H22N2O5S/c1-32(28,29)26-18-9-7-8-17(14-18)15-25-24(27)23-21(16-30-19-10-3-2-4-11-19)20-12-5-6-13-22(20)31-23/h2-14,26H,15-16H2,1H3,(H,25,27). The lowest BCUT2D eigenvalue weighted by molar-refractivity contribution is 0.0922. The quantitative estimate of drug-likeness (QED) is 0.417. The minimum Gasteiger partial charge on any atom is -0.489 e. The Morgan fingerprint density at radius 1 is 0.969 bits per heavy atom. The number of amides is 1. The molecule has 2 N–H and O–H groups in total. The molecule has 0 bridgehead atoms. The number of ether oxygens (including phenoxy) is 1. The van der Waals surface area contributed by atoms with E-state index in [4.69, 9.17) is 9.15 Å². The maximum atomic E-state index is 13.0. The van der Waals surface area contributed by atoms with Gasteiger partial charge in [-0.25, -0.2) is 8.42 Å². The van der Waals surface area contributed by atoms with Crippen LogP contribution in [-0.2, 0) is 23.2 Å². The van der Waals surface area contributed by atoms with Crippen LogP contribution in [0.15, 0.2) is 83.3 Å². The van der Waals surface area contributed by atoms with Crippen molar-refractivity contribution in [2.45, 2.75) is 13.2 Å². The third kappa shape index (κ3) is 5.28. The number of carbonyl (C=O) groups is 1. The molecule has 1 amide bonds. The van der Waals surface area contributed by atoms with Gasteiger partial charge in [-0.05, 0) is 35.9 Å². The van der Waals surface area contributed by atoms with Crippen LogP contribution in [0, 0.1) is 0 Å². The molecule has 1 aromatic heterocycles. The van der Waals surface area contributed by atoms with E-state index < -0.39 is 10.0 Å². The molecule has 3 aromatic carbocycles. The molecule has 8 heteroatoms. The van der Waals surface area contributed by atoms with Gasteiger partial charge in [0.25, 0.3) is 5.91 Å². The first kappa shape index (κ1) is 21.5. The Balaban J connectivity index is 1.53. The van der Waals surface area contributed by atoms with Gasteiger partial charge in [-0.15, -0.1) is 0 Å². The molecule has 7 nitrogen and oxygen atoms in total. The number of carbonyl (C=O) groups excluding carboxylic acids is 1. The van der Waals surface area contributed by atoms with E-state index in [9.17, 15) is 13.2 Å². The van der Waals surface area contributed by atoms with Crippen LogP contribution in [0.4, 0.5) is 5.69 Å². The van der Waals surface area contributed by atoms with Gasteiger partial charge < -0.3 is 14.5 Å². The summed E-state index contributed by atoms with van der Waals surface area (Å²) in [4.78, 5) is 13.0. The minimum absolute atomic E-state index is 0.178. The topological polar surface area (TPSA) is 97.6 Å². The largest absolute Gasteiger partial charge is 0.489 e. The van der Waals surface area contributed by atoms with Crippen molar-refractivity contribution in [2.75, 3.05) is 11.0 Å². The molecule has 0 aliphatic rings. The van der Waals surface area contributed by atoms with E-state index >= 15 is 0 Å². The smallest absolute Gasteiger partial charge is 0.287 e. The zero-order valence-electron chi connectivity index (χ0n) is 17.4. The molecule has 32 heavy (non-hydrogen) atoms. The highest BCUT2D eigenvalue weighted by Crippen LogP contribution is 2.27. The second-order valence-corrected chi connectivity index (χ2v) is 9.01. The van der Waals surface area contributed by atoms with Crippen LogP contribution in [0.1, 0.15) is 21.7 Å². The van der Waals surface area contributed by atoms with Gasteiger partial charge in [0.1, 0.15) is 17.9 Å². The predicted octanol–water partition coefficient (Wildman–Crippen LogP) is 4.31. The van der Waals surface area contributed by atoms with Crippen LogP contribution in [-0.4, -0.2) is 20.6 Å². The molecule has 0 spiro atoms. The Morgan fingerprint density at radius 3 is 2.50 bits per heavy atom. The first-order valence-corrected chi connectivity index (χ1v) is 11.8. The SMILES string of the molecule is CS(=O)(=O)Nc1cccc(CNC(=O)c2oc3ccccc3c2COc2ccccc2)c1. The van der Waals surface area contributed by atoms with Crippen LogP contribution in [0.25, 0.3) is 11.0 Å². The maximum Gasteiger partial charge on any atom is 0.287 e. The number of hydrogen-bond acceptors (Lipinski definition) is 5. The molecule has 0 fully saturated rings. The summed E-state index contributed by atoms with van der Waals surface area (Å²) in [5, 5.41) is 3.65. The fourth-order valence-electron chi connectivity index (χ4n) is 3.32. The van der Waals surface area contributed by atoms with Crippen molar-refractivity contribution in [1.82, 2.24) is 5.32 Å². The lowest BCUT2D eigenvalue weighted by Gasteiger charge is -2.09. The van der Waals surface area contributed by atoms with Crippen LogP contribution in [0.3, 0.4) is 0 Å². The van der Waals surface area contributed by atoms with Crippen LogP contribution in [0.5, 0.6) is 5.75 Å². The molecule has 164 valence electrons. The molecule has 0 radical (unpaired) electrons. The Labute approximate surface area is 186 Å². The number of para-hydroxylation sites is 2. The number of benzene rings is 3. The molecular formula is C24H22N2O5S. The van der Waals surface area contributed by atoms with Gasteiger partial charge >= 0.3 is 0 Å². The average molecular weight is 451 g/mol. The van der Waals surface area contributed by atoms with E-state index in [2.05, 4.69) is 10.0 Å². The van der Waals surface area contributed by atoms with E-state index in [0.29, 0.717) is 22.6 Å². The van der Waals surface area contributed by atoms with Crippen molar-refractivity contribution in [3.8, 4) is 5.75 Å². The Kier molecular flexibility index (Phi) is 6.13. The fourth-order valence-corrected chi connectivity index (χ4v) is 3.87. The number of hydrogen-bond donors (Lipinski definition) is 2. The first-order chi connectivity index (χ1) is 15.4. The third-order valence-electron chi connectivity index (χ3n) is 4.71. The molecule has 4 aromatic rings. The number of sulfonamides is 1. The van der Waals surface area contributed by atoms with Gasteiger partial charge in [-0.2, -0.15) is 0 Å². The van der Waals surface area contributed by atoms with Crippen molar-refractivity contribution in [3.05, 3.63) is 95.7 Å². The zero-order valence-corrected chi connectivity index (χ0v) is 18.2. The van der Waals surface area contributed by atoms with Gasteiger partial charge in [0, 0.05) is 23.2 Å². The van der Waals surface area contributed by atoms with E-state index in [0.717, 1.165) is 17.2 Å². The first-order valence-electron chi connectivity index (χ1n) is 9.92. The van der Waals surface area contributed by atoms with Gasteiger partial charge in [0.15, 0.2) is 5.76 Å². The maximum absolute atomic E-state index is 13.0. The number of nitrogens with one attached hydrogen (secondary N) is 2. The van der Waals surface area contributed by atoms with E-state index in [-0.39, 0.29) is 24.8 Å². The normalized spacial score (nSPS) is 11.3. The molecular weight excluding hydrogens is 428 g/mol. The van der Waals surface area contributed by atoms with Crippen molar-refractivity contribution in [1.29, 1.82) is 0 Å². The molecule has 0 atom stereocenters. The summed E-state index contributed by atoms with van der Waals surface area (Å²) in [6, 6.07) is 23.6. The molecule has 0 unspecified atom stereocenters. The Bertz CT molecular complexity index is 1350. The minimum atomic E-state index is -3.38. The summed E-state index contributed by atoms with van der Waals surface area (Å²) in [6.45, 7) is 0.381. The van der Waals surface area contributed by atoms with Crippen LogP contribution < -0.4 is 14.8 Å². The highest BCUT2D eigenvalue weighted by Gasteiger charge is 2.21. The Morgan fingerprint density at radius 2 is 1.72 bits per heavy atom. The zero-order chi connectivity index (χ0) is 22.6. The number of furan rings is 1. The average Bonchev–Trinajstić information content (AvgIpc) is 3.14. The molecule has 4 rings (SSSR count). The summed E-state index contributed by atoms with van der Waals surface area (Å²) in [6.07, 6.45) is 1.09. The van der Waals surface area contributed by atoms with Crippen LogP contribution in [0.2, 0.25) is 0 Å². The van der Waals surface area contributed by atoms with Crippen molar-refractivity contribution >= 4 is 32.6 Å². The second kappa shape index (κ2) is 9.15. The summed E-state index contributed by atoms with van der Waals surface area (Å²) >= 11 is 0. The lowest BCUT2D eigenvalue weighted by Crippen LogP contribution is -2.23. The monoisotopic (exact) mass is 450 g/mol. The number of fused-ring (bicyclic) bond motifs is 1. The number of rotatable bonds is 8. The molecule has 0 saturated carbocycles. The Hall–Kier alpha value is -3.78. The molecule has 0 aliphatic carbocycles. The third-order valence-corrected chi connectivity index (χ3v) is 5.32. The van der Waals surface area contributed by atoms with Gasteiger partial charge in [0.2, 0.25) is 10.0 Å². The lowest BCUT2D eigenvalue weighted by atomic mass is 10.1. The fraction of sp³-hybridized carbons (Fsp3) is 0.125. The van der Waals surface area contributed by atoms with E-state index in [1.807, 2.05) is 48.5 Å². The highest BCUT2D eigenvalue weighted by atomic mass is 32.2. The van der Waals surface area contributed by atoms with Gasteiger partial charge in [0.05, 0.1) is 6.26 Å². The van der Waals surface area contributed by atoms with Crippen molar-refractivity contribution in [2.24, 2.45) is 0 Å². The summed E-state index contributed by atoms with van der Waals surface area (Å²) < 4.78 is 37.0. The molecule has 0 aliphatic heterocycles. The van der Waals surface area contributed by atoms with E-state index in [1.54, 1.807) is 30.3 Å². The van der Waals surface area contributed by atoms with Crippen molar-refractivity contribution in [3.63, 3.8) is 0 Å². The second-order valence-electron chi connectivity index (χ2n) is 7.26. The molecule has 1 heterocycles. The number of anilines is 1. The van der Waals surface area contributed by atoms with Gasteiger partial charge in [-0.3, -0.25) is 9.52 Å². The van der Waals surface area contributed by atoms with E-state index in [1.165, 1.54) is 0 Å².